The number of ether oxygens (including phenoxy) is 1. The lowest BCUT2D eigenvalue weighted by atomic mass is 9.65. The molecule has 2 N–H and O–H groups in total. The fourth-order valence-corrected chi connectivity index (χ4v) is 5.92. The van der Waals surface area contributed by atoms with Gasteiger partial charge in [0.2, 0.25) is 5.91 Å². The summed E-state index contributed by atoms with van der Waals surface area (Å²) in [6.45, 7) is 0. The minimum Gasteiger partial charge on any atom is -0.495 e. The van der Waals surface area contributed by atoms with Crippen LogP contribution >= 0.6 is 0 Å². The van der Waals surface area contributed by atoms with E-state index in [2.05, 4.69) is 10.0 Å². The second kappa shape index (κ2) is 7.88. The number of carbonyl (C=O) groups excluding carboxylic acids is 1. The molecule has 0 radical (unpaired) electrons. The molecule has 170 valence electrons. The van der Waals surface area contributed by atoms with Crippen LogP contribution in [0.2, 0.25) is 0 Å². The Hall–Kier alpha value is -3.39. The Morgan fingerprint density at radius 2 is 1.79 bits per heavy atom. The number of para-hydroxylation sites is 1. The van der Waals surface area contributed by atoms with Crippen molar-refractivity contribution in [3.8, 4) is 5.75 Å². The van der Waals surface area contributed by atoms with Crippen molar-refractivity contribution in [2.45, 2.75) is 36.0 Å². The SMILES string of the molecule is COc1ccccc1S(=O)(=O)Nc1cc(Cc2ccccc2F)c2c(c1)C1(CCC1)C(=O)N2. The number of anilines is 2. The second-order valence-electron chi connectivity index (χ2n) is 8.47. The number of methoxy groups -OCH3 is 1. The van der Waals surface area contributed by atoms with Crippen LogP contribution in [0, 0.1) is 5.82 Å². The number of halogens is 1. The van der Waals surface area contributed by atoms with Gasteiger partial charge in [0.1, 0.15) is 16.5 Å². The zero-order valence-corrected chi connectivity index (χ0v) is 18.8. The number of fused-ring (bicyclic) bond motifs is 2. The molecule has 1 amide bonds. The van der Waals surface area contributed by atoms with Crippen molar-refractivity contribution >= 4 is 27.3 Å². The third-order valence-electron chi connectivity index (χ3n) is 6.57. The Morgan fingerprint density at radius 1 is 1.06 bits per heavy atom. The molecule has 1 spiro atoms. The molecule has 1 aliphatic carbocycles. The maximum atomic E-state index is 14.4. The third kappa shape index (κ3) is 3.54. The molecule has 5 rings (SSSR count). The van der Waals surface area contributed by atoms with Crippen LogP contribution in [0.25, 0.3) is 0 Å². The number of nitrogens with one attached hydrogen (secondary N) is 2. The van der Waals surface area contributed by atoms with Crippen molar-refractivity contribution in [1.82, 2.24) is 0 Å². The molecular formula is C25H23FN2O4S. The van der Waals surface area contributed by atoms with Gasteiger partial charge in [-0.15, -0.1) is 0 Å². The lowest BCUT2D eigenvalue weighted by molar-refractivity contribution is -0.123. The molecule has 0 saturated heterocycles. The van der Waals surface area contributed by atoms with Gasteiger partial charge in [-0.3, -0.25) is 9.52 Å². The first-order valence-corrected chi connectivity index (χ1v) is 12.2. The quantitative estimate of drug-likeness (QED) is 0.556. The number of benzene rings is 3. The maximum Gasteiger partial charge on any atom is 0.265 e. The highest BCUT2D eigenvalue weighted by Crippen LogP contribution is 2.53. The van der Waals surface area contributed by atoms with E-state index in [1.807, 2.05) is 0 Å². The van der Waals surface area contributed by atoms with Gasteiger partial charge in [-0.1, -0.05) is 36.8 Å². The lowest BCUT2D eigenvalue weighted by Gasteiger charge is -2.36. The summed E-state index contributed by atoms with van der Waals surface area (Å²) in [7, 11) is -2.55. The molecule has 0 aromatic heterocycles. The topological polar surface area (TPSA) is 84.5 Å². The number of rotatable bonds is 6. The van der Waals surface area contributed by atoms with Gasteiger partial charge in [0.05, 0.1) is 12.5 Å². The zero-order valence-electron chi connectivity index (χ0n) is 18.0. The number of amides is 1. The molecule has 2 aliphatic rings. The minimum absolute atomic E-state index is 0.0104. The Balaban J connectivity index is 1.60. The predicted octanol–water partition coefficient (Wildman–Crippen LogP) is 4.60. The van der Waals surface area contributed by atoms with Gasteiger partial charge >= 0.3 is 0 Å². The van der Waals surface area contributed by atoms with Gasteiger partial charge in [-0.2, -0.15) is 0 Å². The van der Waals surface area contributed by atoms with E-state index in [1.54, 1.807) is 48.5 Å². The van der Waals surface area contributed by atoms with Crippen molar-refractivity contribution < 1.29 is 22.3 Å². The number of hydrogen-bond donors (Lipinski definition) is 2. The van der Waals surface area contributed by atoms with Crippen LogP contribution in [-0.2, 0) is 26.7 Å². The van der Waals surface area contributed by atoms with E-state index in [-0.39, 0.29) is 28.8 Å². The highest BCUT2D eigenvalue weighted by atomic mass is 32.2. The predicted molar refractivity (Wildman–Crippen MR) is 124 cm³/mol. The number of hydrogen-bond acceptors (Lipinski definition) is 4. The fraction of sp³-hybridized carbons (Fsp3) is 0.240. The summed E-state index contributed by atoms with van der Waals surface area (Å²) < 4.78 is 48.6. The van der Waals surface area contributed by atoms with E-state index < -0.39 is 15.4 Å². The normalized spacial score (nSPS) is 16.1. The Bertz CT molecular complexity index is 1370. The molecule has 1 heterocycles. The fourth-order valence-electron chi connectivity index (χ4n) is 4.71. The Morgan fingerprint density at radius 3 is 2.48 bits per heavy atom. The van der Waals surface area contributed by atoms with Crippen molar-refractivity contribution in [1.29, 1.82) is 0 Å². The van der Waals surface area contributed by atoms with Crippen LogP contribution in [-0.4, -0.2) is 21.4 Å². The molecule has 3 aromatic rings. The summed E-state index contributed by atoms with van der Waals surface area (Å²) in [5.41, 5.74) is 2.23. The average Bonchev–Trinajstić information content (AvgIpc) is 3.07. The van der Waals surface area contributed by atoms with Crippen LogP contribution in [0.5, 0.6) is 5.75 Å². The molecule has 33 heavy (non-hydrogen) atoms. The summed E-state index contributed by atoms with van der Waals surface area (Å²) in [5, 5.41) is 2.98. The standard InChI is InChI=1S/C25H23FN2O4S/c1-32-21-9-4-5-10-22(21)33(30,31)28-18-14-17(13-16-7-2-3-8-20(16)26)23-19(15-18)25(11-6-12-25)24(29)27-23/h2-5,7-10,14-15,28H,6,11-13H2,1H3,(H,27,29). The van der Waals surface area contributed by atoms with Gasteiger partial charge < -0.3 is 10.1 Å². The summed E-state index contributed by atoms with van der Waals surface area (Å²) in [6.07, 6.45) is 2.55. The van der Waals surface area contributed by atoms with E-state index in [1.165, 1.54) is 19.2 Å². The van der Waals surface area contributed by atoms with E-state index in [9.17, 15) is 17.6 Å². The Labute approximate surface area is 191 Å². The largest absolute Gasteiger partial charge is 0.495 e. The van der Waals surface area contributed by atoms with Crippen LogP contribution in [0.15, 0.2) is 65.6 Å². The molecule has 3 aromatic carbocycles. The second-order valence-corrected chi connectivity index (χ2v) is 10.1. The lowest BCUT2D eigenvalue weighted by Crippen LogP contribution is -2.40. The van der Waals surface area contributed by atoms with E-state index in [0.29, 0.717) is 35.3 Å². The number of sulfonamides is 1. The molecule has 1 fully saturated rings. The number of carbonyl (C=O) groups is 1. The van der Waals surface area contributed by atoms with Crippen molar-refractivity contribution in [3.05, 3.63) is 83.2 Å². The van der Waals surface area contributed by atoms with Gasteiger partial charge in [-0.25, -0.2) is 12.8 Å². The molecule has 0 unspecified atom stereocenters. The highest BCUT2D eigenvalue weighted by molar-refractivity contribution is 7.92. The van der Waals surface area contributed by atoms with Crippen molar-refractivity contribution in [3.63, 3.8) is 0 Å². The van der Waals surface area contributed by atoms with Gasteiger partial charge in [0, 0.05) is 17.8 Å². The maximum absolute atomic E-state index is 14.4. The van der Waals surface area contributed by atoms with Crippen LogP contribution in [0.4, 0.5) is 15.8 Å². The Kier molecular flexibility index (Phi) is 5.12. The first-order chi connectivity index (χ1) is 15.8. The molecule has 0 atom stereocenters. The third-order valence-corrected chi connectivity index (χ3v) is 7.99. The average molecular weight is 467 g/mol. The molecule has 0 bridgehead atoms. The summed E-state index contributed by atoms with van der Waals surface area (Å²) in [6, 6.07) is 16.2. The smallest absolute Gasteiger partial charge is 0.265 e. The highest BCUT2D eigenvalue weighted by Gasteiger charge is 2.51. The minimum atomic E-state index is -3.97. The van der Waals surface area contributed by atoms with Gasteiger partial charge in [0.25, 0.3) is 10.0 Å². The first kappa shape index (κ1) is 21.5. The monoisotopic (exact) mass is 466 g/mol. The van der Waals surface area contributed by atoms with Gasteiger partial charge in [-0.05, 0) is 59.9 Å². The molecule has 8 heteroatoms. The zero-order chi connectivity index (χ0) is 23.2. The molecule has 6 nitrogen and oxygen atoms in total. The van der Waals surface area contributed by atoms with Crippen LogP contribution in [0.1, 0.15) is 36.0 Å². The van der Waals surface area contributed by atoms with E-state index in [0.717, 1.165) is 12.0 Å². The first-order valence-electron chi connectivity index (χ1n) is 10.7. The van der Waals surface area contributed by atoms with Gasteiger partial charge in [0.15, 0.2) is 0 Å². The van der Waals surface area contributed by atoms with E-state index >= 15 is 0 Å². The van der Waals surface area contributed by atoms with Crippen LogP contribution < -0.4 is 14.8 Å². The van der Waals surface area contributed by atoms with Crippen molar-refractivity contribution in [2.24, 2.45) is 0 Å². The van der Waals surface area contributed by atoms with Crippen molar-refractivity contribution in [2.75, 3.05) is 17.1 Å². The van der Waals surface area contributed by atoms with E-state index in [4.69, 9.17) is 4.74 Å². The molecule has 1 saturated carbocycles. The van der Waals surface area contributed by atoms with Crippen LogP contribution in [0.3, 0.4) is 0 Å². The molecule has 1 aliphatic heterocycles. The summed E-state index contributed by atoms with van der Waals surface area (Å²) >= 11 is 0. The summed E-state index contributed by atoms with van der Waals surface area (Å²) in [5.74, 6) is -0.206. The summed E-state index contributed by atoms with van der Waals surface area (Å²) in [4.78, 5) is 12.9. The molecular weight excluding hydrogens is 443 g/mol.